The normalized spacial score (nSPS) is 23.7. The number of carbonyl (C=O) groups excluding carboxylic acids is 1. The third-order valence-corrected chi connectivity index (χ3v) is 5.29. The number of carbonyl (C=O) groups is 1. The molecule has 1 amide bonds. The minimum absolute atomic E-state index is 0.0286. The Balaban J connectivity index is 1.65. The molecule has 1 aliphatic heterocycles. The van der Waals surface area contributed by atoms with E-state index in [1.165, 1.54) is 25.7 Å². The van der Waals surface area contributed by atoms with E-state index < -0.39 is 0 Å². The Hall–Kier alpha value is -1.55. The van der Waals surface area contributed by atoms with Gasteiger partial charge in [0.1, 0.15) is 0 Å². The number of nitrogens with zero attached hydrogens (tertiary/aromatic N) is 1. The number of rotatable bonds is 4. The molecule has 0 bridgehead atoms. The highest BCUT2D eigenvalue weighted by Gasteiger charge is 2.24. The van der Waals surface area contributed by atoms with E-state index in [2.05, 4.69) is 12.2 Å². The van der Waals surface area contributed by atoms with Gasteiger partial charge in [0, 0.05) is 30.4 Å². The molecule has 1 heterocycles. The van der Waals surface area contributed by atoms with E-state index in [4.69, 9.17) is 0 Å². The van der Waals surface area contributed by atoms with Crippen LogP contribution in [0.15, 0.2) is 24.3 Å². The van der Waals surface area contributed by atoms with Crippen LogP contribution in [0.3, 0.4) is 0 Å². The standard InChI is InChI=1S/C19H28N2O2/c1-14(15-6-2-3-7-15)20-17-9-4-8-16(12-17)19(23)21-11-5-10-18(22)13-21/h4,8-9,12,14-15,18,20,22H,2-3,5-7,10-11,13H2,1H3. The lowest BCUT2D eigenvalue weighted by molar-refractivity contribution is 0.0474. The number of β-amino-alcohol motifs (C(OH)–C–C–N with tert-alkyl or cyclic N) is 1. The summed E-state index contributed by atoms with van der Waals surface area (Å²) >= 11 is 0. The molecule has 3 rings (SSSR count). The van der Waals surface area contributed by atoms with Crippen LogP contribution in [0.4, 0.5) is 5.69 Å². The van der Waals surface area contributed by atoms with Gasteiger partial charge in [-0.05, 0) is 56.7 Å². The molecule has 2 N–H and O–H groups in total. The largest absolute Gasteiger partial charge is 0.391 e. The highest BCUT2D eigenvalue weighted by atomic mass is 16.3. The van der Waals surface area contributed by atoms with Crippen LogP contribution in [0.1, 0.15) is 55.8 Å². The Kier molecular flexibility index (Phi) is 5.21. The zero-order valence-corrected chi connectivity index (χ0v) is 14.0. The molecule has 0 radical (unpaired) electrons. The SMILES string of the molecule is CC(Nc1cccc(C(=O)N2CCCC(O)C2)c1)C1CCCC1. The smallest absolute Gasteiger partial charge is 0.254 e. The molecular formula is C19H28N2O2. The number of aliphatic hydroxyl groups is 1. The van der Waals surface area contributed by atoms with Gasteiger partial charge >= 0.3 is 0 Å². The van der Waals surface area contributed by atoms with Crippen molar-refractivity contribution < 1.29 is 9.90 Å². The molecule has 2 atom stereocenters. The number of anilines is 1. The molecule has 2 fully saturated rings. The summed E-state index contributed by atoms with van der Waals surface area (Å²) in [6.45, 7) is 3.44. The summed E-state index contributed by atoms with van der Waals surface area (Å²) in [5.74, 6) is 0.771. The van der Waals surface area contributed by atoms with Gasteiger partial charge in [0.05, 0.1) is 6.10 Å². The minimum atomic E-state index is -0.378. The van der Waals surface area contributed by atoms with E-state index >= 15 is 0 Å². The molecule has 1 saturated heterocycles. The van der Waals surface area contributed by atoms with E-state index in [0.717, 1.165) is 31.0 Å². The monoisotopic (exact) mass is 316 g/mol. The highest BCUT2D eigenvalue weighted by Crippen LogP contribution is 2.29. The summed E-state index contributed by atoms with van der Waals surface area (Å²) in [6.07, 6.45) is 6.58. The number of hydrogen-bond acceptors (Lipinski definition) is 3. The topological polar surface area (TPSA) is 52.6 Å². The summed E-state index contributed by atoms with van der Waals surface area (Å²) in [5.41, 5.74) is 1.73. The van der Waals surface area contributed by atoms with Crippen molar-refractivity contribution in [3.63, 3.8) is 0 Å². The fraction of sp³-hybridized carbons (Fsp3) is 0.632. The number of piperidine rings is 1. The number of nitrogens with one attached hydrogen (secondary N) is 1. The number of aliphatic hydroxyl groups excluding tert-OH is 1. The first kappa shape index (κ1) is 16.3. The van der Waals surface area contributed by atoms with Gasteiger partial charge in [-0.3, -0.25) is 4.79 Å². The fourth-order valence-electron chi connectivity index (χ4n) is 3.90. The van der Waals surface area contributed by atoms with Gasteiger partial charge in [-0.25, -0.2) is 0 Å². The van der Waals surface area contributed by atoms with Crippen molar-refractivity contribution in [2.75, 3.05) is 18.4 Å². The lowest BCUT2D eigenvalue weighted by atomic mass is 9.99. The van der Waals surface area contributed by atoms with Crippen LogP contribution in [0, 0.1) is 5.92 Å². The molecule has 1 aliphatic carbocycles. The first-order valence-corrected chi connectivity index (χ1v) is 8.97. The highest BCUT2D eigenvalue weighted by molar-refractivity contribution is 5.95. The van der Waals surface area contributed by atoms with E-state index in [1.54, 1.807) is 4.90 Å². The fourth-order valence-corrected chi connectivity index (χ4v) is 3.90. The molecule has 1 aromatic carbocycles. The van der Waals surface area contributed by atoms with Crippen molar-refractivity contribution in [3.8, 4) is 0 Å². The van der Waals surface area contributed by atoms with Crippen LogP contribution in [0.25, 0.3) is 0 Å². The molecule has 4 nitrogen and oxygen atoms in total. The lowest BCUT2D eigenvalue weighted by Crippen LogP contribution is -2.42. The summed E-state index contributed by atoms with van der Waals surface area (Å²) in [6, 6.07) is 8.24. The van der Waals surface area contributed by atoms with Crippen molar-refractivity contribution in [1.82, 2.24) is 4.90 Å². The Morgan fingerprint density at radius 2 is 2.04 bits per heavy atom. The van der Waals surface area contributed by atoms with Crippen LogP contribution in [-0.2, 0) is 0 Å². The zero-order valence-electron chi connectivity index (χ0n) is 14.0. The second-order valence-corrected chi connectivity index (χ2v) is 7.11. The van der Waals surface area contributed by atoms with Gasteiger partial charge in [0.15, 0.2) is 0 Å². The van der Waals surface area contributed by atoms with Gasteiger partial charge in [-0.2, -0.15) is 0 Å². The Morgan fingerprint density at radius 1 is 1.26 bits per heavy atom. The number of benzene rings is 1. The van der Waals surface area contributed by atoms with Crippen LogP contribution in [0.5, 0.6) is 0 Å². The molecule has 4 heteroatoms. The maximum atomic E-state index is 12.6. The Bertz CT molecular complexity index is 540. The van der Waals surface area contributed by atoms with E-state index in [-0.39, 0.29) is 12.0 Å². The van der Waals surface area contributed by atoms with Gasteiger partial charge < -0.3 is 15.3 Å². The van der Waals surface area contributed by atoms with Crippen molar-refractivity contribution in [2.45, 2.75) is 57.6 Å². The Labute approximate surface area is 138 Å². The molecule has 1 saturated carbocycles. The van der Waals surface area contributed by atoms with E-state index in [1.807, 2.05) is 24.3 Å². The van der Waals surface area contributed by atoms with Crippen molar-refractivity contribution in [3.05, 3.63) is 29.8 Å². The third kappa shape index (κ3) is 4.05. The lowest BCUT2D eigenvalue weighted by Gasteiger charge is -2.30. The van der Waals surface area contributed by atoms with E-state index in [0.29, 0.717) is 18.2 Å². The minimum Gasteiger partial charge on any atom is -0.391 e. The van der Waals surface area contributed by atoms with Crippen molar-refractivity contribution in [1.29, 1.82) is 0 Å². The second kappa shape index (κ2) is 7.35. The second-order valence-electron chi connectivity index (χ2n) is 7.11. The molecule has 0 spiro atoms. The van der Waals surface area contributed by atoms with Gasteiger partial charge in [0.2, 0.25) is 0 Å². The summed E-state index contributed by atoms with van der Waals surface area (Å²) < 4.78 is 0. The van der Waals surface area contributed by atoms with Crippen LogP contribution < -0.4 is 5.32 Å². The van der Waals surface area contributed by atoms with Gasteiger partial charge in [-0.15, -0.1) is 0 Å². The average molecular weight is 316 g/mol. The molecule has 23 heavy (non-hydrogen) atoms. The quantitative estimate of drug-likeness (QED) is 0.896. The van der Waals surface area contributed by atoms with E-state index in [9.17, 15) is 9.90 Å². The number of likely N-dealkylation sites (tertiary alicyclic amines) is 1. The summed E-state index contributed by atoms with van der Waals surface area (Å²) in [7, 11) is 0. The average Bonchev–Trinajstić information content (AvgIpc) is 3.09. The number of amides is 1. The van der Waals surface area contributed by atoms with Gasteiger partial charge in [-0.1, -0.05) is 18.9 Å². The first-order valence-electron chi connectivity index (χ1n) is 8.97. The predicted molar refractivity (Wildman–Crippen MR) is 92.6 cm³/mol. The molecule has 2 aliphatic rings. The zero-order chi connectivity index (χ0) is 16.2. The van der Waals surface area contributed by atoms with Crippen LogP contribution >= 0.6 is 0 Å². The van der Waals surface area contributed by atoms with Crippen molar-refractivity contribution >= 4 is 11.6 Å². The molecule has 0 aromatic heterocycles. The maximum Gasteiger partial charge on any atom is 0.254 e. The molecule has 2 unspecified atom stereocenters. The first-order chi connectivity index (χ1) is 11.1. The maximum absolute atomic E-state index is 12.6. The predicted octanol–water partition coefficient (Wildman–Crippen LogP) is 3.27. The molecular weight excluding hydrogens is 288 g/mol. The third-order valence-electron chi connectivity index (χ3n) is 5.29. The summed E-state index contributed by atoms with van der Waals surface area (Å²) in [5, 5.41) is 13.3. The van der Waals surface area contributed by atoms with Crippen LogP contribution in [-0.4, -0.2) is 41.1 Å². The Morgan fingerprint density at radius 3 is 2.78 bits per heavy atom. The molecule has 1 aromatic rings. The van der Waals surface area contributed by atoms with Crippen molar-refractivity contribution in [2.24, 2.45) is 5.92 Å². The summed E-state index contributed by atoms with van der Waals surface area (Å²) in [4.78, 5) is 14.4. The van der Waals surface area contributed by atoms with Crippen LogP contribution in [0.2, 0.25) is 0 Å². The van der Waals surface area contributed by atoms with Gasteiger partial charge in [0.25, 0.3) is 5.91 Å². The molecule has 126 valence electrons. The number of hydrogen-bond donors (Lipinski definition) is 2.